The molecule has 1 aliphatic carbocycles. The van der Waals surface area contributed by atoms with Gasteiger partial charge in [-0.2, -0.15) is 0 Å². The minimum absolute atomic E-state index is 0.701. The summed E-state index contributed by atoms with van der Waals surface area (Å²) in [5.74, 6) is 1.41. The van der Waals surface area contributed by atoms with Crippen molar-refractivity contribution in [3.8, 4) is 0 Å². The van der Waals surface area contributed by atoms with Gasteiger partial charge in [-0.1, -0.05) is 27.7 Å². The molecule has 1 fully saturated rings. The van der Waals surface area contributed by atoms with Crippen molar-refractivity contribution < 1.29 is 0 Å². The Hall–Kier alpha value is -0.610. The zero-order valence-corrected chi connectivity index (χ0v) is 13.5. The highest BCUT2D eigenvalue weighted by molar-refractivity contribution is 7.15. The Morgan fingerprint density at radius 1 is 1.32 bits per heavy atom. The summed E-state index contributed by atoms with van der Waals surface area (Å²) in [6, 6.07) is 0.755. The third-order valence-electron chi connectivity index (χ3n) is 3.19. The number of nitrogens with zero attached hydrogens (tertiary/aromatic N) is 2. The molecule has 1 aliphatic rings. The van der Waals surface area contributed by atoms with Crippen LogP contribution in [0.1, 0.15) is 45.4 Å². The molecule has 108 valence electrons. The fourth-order valence-electron chi connectivity index (χ4n) is 2.16. The molecule has 0 aliphatic heterocycles. The van der Waals surface area contributed by atoms with Crippen LogP contribution in [0.15, 0.2) is 6.20 Å². The van der Waals surface area contributed by atoms with E-state index in [9.17, 15) is 0 Å². The third-order valence-corrected chi connectivity index (χ3v) is 4.22. The van der Waals surface area contributed by atoms with Crippen molar-refractivity contribution >= 4 is 16.5 Å². The number of anilines is 1. The van der Waals surface area contributed by atoms with Crippen LogP contribution in [0.4, 0.5) is 5.13 Å². The maximum atomic E-state index is 4.63. The van der Waals surface area contributed by atoms with E-state index in [1.807, 2.05) is 17.5 Å². The van der Waals surface area contributed by atoms with Crippen LogP contribution in [0.5, 0.6) is 0 Å². The zero-order valence-electron chi connectivity index (χ0n) is 12.6. The molecule has 0 saturated heterocycles. The van der Waals surface area contributed by atoms with Crippen molar-refractivity contribution in [1.82, 2.24) is 10.3 Å². The fraction of sp³-hybridized carbons (Fsp3) is 0.800. The molecular weight excluding hydrogens is 254 g/mol. The second-order valence-electron chi connectivity index (χ2n) is 6.41. The average molecular weight is 281 g/mol. The van der Waals surface area contributed by atoms with Crippen LogP contribution in [0.25, 0.3) is 0 Å². The molecule has 0 atom stereocenters. The van der Waals surface area contributed by atoms with Crippen LogP contribution >= 0.6 is 11.3 Å². The van der Waals surface area contributed by atoms with Gasteiger partial charge in [-0.3, -0.25) is 0 Å². The van der Waals surface area contributed by atoms with Crippen molar-refractivity contribution in [2.45, 2.75) is 53.1 Å². The molecule has 0 bridgehead atoms. The molecule has 4 heteroatoms. The molecule has 1 N–H and O–H groups in total. The fourth-order valence-corrected chi connectivity index (χ4v) is 3.12. The monoisotopic (exact) mass is 281 g/mol. The molecule has 1 aromatic heterocycles. The van der Waals surface area contributed by atoms with Crippen molar-refractivity contribution in [3.63, 3.8) is 0 Å². The van der Waals surface area contributed by atoms with E-state index in [4.69, 9.17) is 0 Å². The van der Waals surface area contributed by atoms with Crippen LogP contribution in [0.3, 0.4) is 0 Å². The Balaban J connectivity index is 1.90. The van der Waals surface area contributed by atoms with Crippen LogP contribution in [-0.2, 0) is 6.54 Å². The third kappa shape index (κ3) is 4.77. The first-order chi connectivity index (χ1) is 9.06. The summed E-state index contributed by atoms with van der Waals surface area (Å²) in [6.07, 6.45) is 4.73. The van der Waals surface area contributed by atoms with E-state index in [0.717, 1.165) is 25.7 Å². The number of hydrogen-bond donors (Lipinski definition) is 1. The van der Waals surface area contributed by atoms with E-state index in [-0.39, 0.29) is 0 Å². The summed E-state index contributed by atoms with van der Waals surface area (Å²) in [7, 11) is 0. The molecule has 0 amide bonds. The molecule has 0 aromatic carbocycles. The van der Waals surface area contributed by atoms with E-state index in [0.29, 0.717) is 11.8 Å². The first kappa shape index (κ1) is 14.8. The number of aromatic nitrogens is 1. The molecule has 0 spiro atoms. The SMILES string of the molecule is CC(C)CNCc1cnc(N(CC(C)C)C2CC2)s1. The summed E-state index contributed by atoms with van der Waals surface area (Å²) in [5.41, 5.74) is 0. The largest absolute Gasteiger partial charge is 0.345 e. The highest BCUT2D eigenvalue weighted by atomic mass is 32.1. The minimum atomic E-state index is 0.701. The lowest BCUT2D eigenvalue weighted by atomic mass is 10.2. The number of thiazole rings is 1. The van der Waals surface area contributed by atoms with Gasteiger partial charge in [0.1, 0.15) is 0 Å². The number of nitrogens with one attached hydrogen (secondary N) is 1. The summed E-state index contributed by atoms with van der Waals surface area (Å²) >= 11 is 1.86. The number of rotatable bonds is 8. The Labute approximate surface area is 121 Å². The molecule has 3 nitrogen and oxygen atoms in total. The van der Waals surface area contributed by atoms with Gasteiger partial charge in [0.05, 0.1) is 0 Å². The first-order valence-electron chi connectivity index (χ1n) is 7.48. The highest BCUT2D eigenvalue weighted by Gasteiger charge is 2.31. The Bertz CT molecular complexity index is 382. The smallest absolute Gasteiger partial charge is 0.185 e. The molecule has 1 saturated carbocycles. The zero-order chi connectivity index (χ0) is 13.8. The van der Waals surface area contributed by atoms with Crippen molar-refractivity contribution in [2.75, 3.05) is 18.0 Å². The molecule has 1 aromatic rings. The lowest BCUT2D eigenvalue weighted by Crippen LogP contribution is -2.29. The van der Waals surface area contributed by atoms with Gasteiger partial charge in [-0.05, 0) is 31.2 Å². The van der Waals surface area contributed by atoms with E-state index in [2.05, 4.69) is 42.9 Å². The highest BCUT2D eigenvalue weighted by Crippen LogP contribution is 2.34. The summed E-state index contributed by atoms with van der Waals surface area (Å²) in [6.45, 7) is 12.2. The maximum absolute atomic E-state index is 4.63. The van der Waals surface area contributed by atoms with Gasteiger partial charge in [-0.15, -0.1) is 11.3 Å². The minimum Gasteiger partial charge on any atom is -0.345 e. The Morgan fingerprint density at radius 3 is 2.63 bits per heavy atom. The summed E-state index contributed by atoms with van der Waals surface area (Å²) in [4.78, 5) is 8.50. The van der Waals surface area contributed by atoms with Gasteiger partial charge < -0.3 is 10.2 Å². The molecule has 2 rings (SSSR count). The molecule has 0 unspecified atom stereocenters. The summed E-state index contributed by atoms with van der Waals surface area (Å²) < 4.78 is 0. The second-order valence-corrected chi connectivity index (χ2v) is 7.50. The predicted octanol–water partition coefficient (Wildman–Crippen LogP) is 3.51. The summed E-state index contributed by atoms with van der Waals surface area (Å²) in [5, 5.41) is 4.71. The quantitative estimate of drug-likeness (QED) is 0.790. The van der Waals surface area contributed by atoms with E-state index in [1.54, 1.807) is 0 Å². The molecule has 0 radical (unpaired) electrons. The second kappa shape index (κ2) is 6.71. The Morgan fingerprint density at radius 2 is 2.05 bits per heavy atom. The molecule has 19 heavy (non-hydrogen) atoms. The van der Waals surface area contributed by atoms with Gasteiger partial charge in [0.25, 0.3) is 0 Å². The van der Waals surface area contributed by atoms with Gasteiger partial charge in [0, 0.05) is 30.2 Å². The normalized spacial score (nSPS) is 15.5. The van der Waals surface area contributed by atoms with Gasteiger partial charge in [0.2, 0.25) is 0 Å². The van der Waals surface area contributed by atoms with E-state index in [1.165, 1.54) is 22.9 Å². The first-order valence-corrected chi connectivity index (χ1v) is 8.30. The van der Waals surface area contributed by atoms with Crippen molar-refractivity contribution in [1.29, 1.82) is 0 Å². The van der Waals surface area contributed by atoms with Gasteiger partial charge in [-0.25, -0.2) is 4.98 Å². The lowest BCUT2D eigenvalue weighted by molar-refractivity contribution is 0.554. The van der Waals surface area contributed by atoms with Gasteiger partial charge >= 0.3 is 0 Å². The van der Waals surface area contributed by atoms with Crippen LogP contribution < -0.4 is 10.2 Å². The van der Waals surface area contributed by atoms with Crippen molar-refractivity contribution in [2.24, 2.45) is 11.8 Å². The topological polar surface area (TPSA) is 28.2 Å². The standard InChI is InChI=1S/C15H27N3S/c1-11(2)7-16-8-14-9-17-15(19-14)18(10-12(3)4)13-5-6-13/h9,11-13,16H,5-8,10H2,1-4H3. The Kier molecular flexibility index (Phi) is 5.22. The lowest BCUT2D eigenvalue weighted by Gasteiger charge is -2.23. The van der Waals surface area contributed by atoms with Gasteiger partial charge in [0.15, 0.2) is 5.13 Å². The van der Waals surface area contributed by atoms with Crippen LogP contribution in [0.2, 0.25) is 0 Å². The van der Waals surface area contributed by atoms with E-state index >= 15 is 0 Å². The average Bonchev–Trinajstić information content (AvgIpc) is 3.05. The number of hydrogen-bond acceptors (Lipinski definition) is 4. The maximum Gasteiger partial charge on any atom is 0.185 e. The van der Waals surface area contributed by atoms with Crippen LogP contribution in [-0.4, -0.2) is 24.1 Å². The predicted molar refractivity (Wildman–Crippen MR) is 83.9 cm³/mol. The van der Waals surface area contributed by atoms with Crippen molar-refractivity contribution in [3.05, 3.63) is 11.1 Å². The molecular formula is C15H27N3S. The van der Waals surface area contributed by atoms with E-state index < -0.39 is 0 Å². The van der Waals surface area contributed by atoms with Crippen LogP contribution in [0, 0.1) is 11.8 Å². The molecule has 1 heterocycles.